The van der Waals surface area contributed by atoms with Gasteiger partial charge in [-0.3, -0.25) is 4.79 Å². The zero-order valence-corrected chi connectivity index (χ0v) is 12.3. The first-order chi connectivity index (χ1) is 9.58. The summed E-state index contributed by atoms with van der Waals surface area (Å²) < 4.78 is 5.32. The third-order valence-electron chi connectivity index (χ3n) is 3.55. The second-order valence-corrected chi connectivity index (χ2v) is 5.71. The van der Waals surface area contributed by atoms with E-state index in [1.54, 1.807) is 24.3 Å². The van der Waals surface area contributed by atoms with Gasteiger partial charge in [0.05, 0.1) is 0 Å². The van der Waals surface area contributed by atoms with Crippen LogP contribution in [0.5, 0.6) is 0 Å². The van der Waals surface area contributed by atoms with Gasteiger partial charge in [-0.1, -0.05) is 29.8 Å². The van der Waals surface area contributed by atoms with Crippen molar-refractivity contribution in [3.63, 3.8) is 0 Å². The van der Waals surface area contributed by atoms with Crippen LogP contribution in [0.1, 0.15) is 31.4 Å². The molecule has 0 saturated carbocycles. The highest BCUT2D eigenvalue weighted by atomic mass is 35.5. The molecule has 0 radical (unpaired) electrons. The molecule has 0 bridgehead atoms. The van der Waals surface area contributed by atoms with Crippen LogP contribution in [0.3, 0.4) is 0 Å². The Bertz CT molecular complexity index is 460. The summed E-state index contributed by atoms with van der Waals surface area (Å²) in [5.41, 5.74) is 0.433. The van der Waals surface area contributed by atoms with Crippen LogP contribution in [0.15, 0.2) is 24.3 Å². The van der Waals surface area contributed by atoms with Gasteiger partial charge in [0.25, 0.3) is 5.91 Å². The molecule has 20 heavy (non-hydrogen) atoms. The minimum atomic E-state index is -1.23. The molecule has 1 aliphatic rings. The first-order valence-corrected chi connectivity index (χ1v) is 7.26. The summed E-state index contributed by atoms with van der Waals surface area (Å²) in [7, 11) is 0. The van der Waals surface area contributed by atoms with Gasteiger partial charge >= 0.3 is 0 Å². The van der Waals surface area contributed by atoms with Crippen LogP contribution in [0, 0.1) is 5.92 Å². The van der Waals surface area contributed by atoms with Crippen LogP contribution in [-0.2, 0) is 9.53 Å². The lowest BCUT2D eigenvalue weighted by Crippen LogP contribution is -2.37. The van der Waals surface area contributed by atoms with Gasteiger partial charge < -0.3 is 15.2 Å². The van der Waals surface area contributed by atoms with E-state index in [1.165, 1.54) is 0 Å². The third kappa shape index (κ3) is 3.95. The Morgan fingerprint density at radius 1 is 1.55 bits per heavy atom. The molecule has 1 aromatic carbocycles. The summed E-state index contributed by atoms with van der Waals surface area (Å²) in [6.45, 7) is 3.50. The smallest absolute Gasteiger partial charge is 0.253 e. The number of halogens is 1. The van der Waals surface area contributed by atoms with E-state index in [0.717, 1.165) is 26.1 Å². The summed E-state index contributed by atoms with van der Waals surface area (Å²) in [5, 5.41) is 13.3. The van der Waals surface area contributed by atoms with Crippen molar-refractivity contribution in [1.82, 2.24) is 5.32 Å². The molecule has 1 amide bonds. The van der Waals surface area contributed by atoms with Crippen LogP contribution < -0.4 is 5.32 Å². The number of ether oxygens (including phenoxy) is 1. The maximum atomic E-state index is 12.0. The Hall–Kier alpha value is -1.10. The van der Waals surface area contributed by atoms with Crippen LogP contribution >= 0.6 is 11.6 Å². The molecule has 0 aliphatic carbocycles. The number of rotatable bonds is 5. The van der Waals surface area contributed by atoms with E-state index < -0.39 is 12.0 Å². The van der Waals surface area contributed by atoms with E-state index in [-0.39, 0.29) is 6.04 Å². The van der Waals surface area contributed by atoms with Crippen molar-refractivity contribution in [3.8, 4) is 0 Å². The van der Waals surface area contributed by atoms with E-state index in [1.807, 2.05) is 6.92 Å². The number of carbonyl (C=O) groups is 1. The van der Waals surface area contributed by atoms with Gasteiger partial charge in [-0.05, 0) is 31.7 Å². The molecule has 0 spiro atoms. The van der Waals surface area contributed by atoms with E-state index in [0.29, 0.717) is 16.5 Å². The number of hydrogen-bond acceptors (Lipinski definition) is 3. The van der Waals surface area contributed by atoms with Crippen molar-refractivity contribution in [3.05, 3.63) is 34.9 Å². The molecule has 1 aliphatic heterocycles. The largest absolute Gasteiger partial charge is 0.381 e. The van der Waals surface area contributed by atoms with E-state index >= 15 is 0 Å². The molecule has 3 atom stereocenters. The maximum Gasteiger partial charge on any atom is 0.253 e. The fraction of sp³-hybridized carbons (Fsp3) is 0.533. The standard InChI is InChI=1S/C15H20ClNO3/c1-10(8-11-6-7-20-9-11)17-15(19)14(18)12-4-2-3-5-13(12)16/h2-5,10-11,14,18H,6-9H2,1H3,(H,17,19)/t10-,11+,14-/m1/s1. The highest BCUT2D eigenvalue weighted by Crippen LogP contribution is 2.23. The van der Waals surface area contributed by atoms with Crippen LogP contribution in [-0.4, -0.2) is 30.3 Å². The van der Waals surface area contributed by atoms with Crippen molar-refractivity contribution in [2.45, 2.75) is 31.9 Å². The second kappa shape index (κ2) is 7.07. The van der Waals surface area contributed by atoms with Gasteiger partial charge in [0.1, 0.15) is 0 Å². The quantitative estimate of drug-likeness (QED) is 0.877. The average Bonchev–Trinajstić information content (AvgIpc) is 2.91. The normalized spacial score (nSPS) is 21.4. The first-order valence-electron chi connectivity index (χ1n) is 6.88. The molecule has 1 aromatic rings. The molecular weight excluding hydrogens is 278 g/mol. The van der Waals surface area contributed by atoms with Crippen LogP contribution in [0.4, 0.5) is 0 Å². The minimum absolute atomic E-state index is 0.00587. The van der Waals surface area contributed by atoms with Gasteiger partial charge in [-0.15, -0.1) is 0 Å². The zero-order chi connectivity index (χ0) is 14.5. The van der Waals surface area contributed by atoms with Gasteiger partial charge in [0, 0.05) is 29.8 Å². The van der Waals surface area contributed by atoms with E-state index in [4.69, 9.17) is 16.3 Å². The number of amides is 1. The lowest BCUT2D eigenvalue weighted by molar-refractivity contribution is -0.130. The van der Waals surface area contributed by atoms with Crippen LogP contribution in [0.25, 0.3) is 0 Å². The number of aliphatic hydroxyl groups is 1. The lowest BCUT2D eigenvalue weighted by Gasteiger charge is -2.19. The number of hydrogen-bond donors (Lipinski definition) is 2. The Labute approximate surface area is 124 Å². The van der Waals surface area contributed by atoms with Gasteiger partial charge in [0.2, 0.25) is 0 Å². The monoisotopic (exact) mass is 297 g/mol. The third-order valence-corrected chi connectivity index (χ3v) is 3.89. The Balaban J connectivity index is 1.88. The average molecular weight is 298 g/mol. The summed E-state index contributed by atoms with van der Waals surface area (Å²) >= 11 is 5.98. The predicted octanol–water partition coefficient (Wildman–Crippen LogP) is 2.30. The second-order valence-electron chi connectivity index (χ2n) is 5.30. The molecule has 2 rings (SSSR count). The highest BCUT2D eigenvalue weighted by molar-refractivity contribution is 6.31. The van der Waals surface area contributed by atoms with Crippen molar-refractivity contribution >= 4 is 17.5 Å². The molecular formula is C15H20ClNO3. The molecule has 2 N–H and O–H groups in total. The Kier molecular flexibility index (Phi) is 5.40. The van der Waals surface area contributed by atoms with E-state index in [2.05, 4.69) is 5.32 Å². The zero-order valence-electron chi connectivity index (χ0n) is 11.5. The summed E-state index contributed by atoms with van der Waals surface area (Å²) in [4.78, 5) is 12.0. The van der Waals surface area contributed by atoms with Gasteiger partial charge in [0.15, 0.2) is 6.10 Å². The minimum Gasteiger partial charge on any atom is -0.381 e. The summed E-state index contributed by atoms with van der Waals surface area (Å²) in [6.07, 6.45) is 0.667. The number of aliphatic hydroxyl groups excluding tert-OH is 1. The molecule has 5 heteroatoms. The van der Waals surface area contributed by atoms with Crippen molar-refractivity contribution in [2.75, 3.05) is 13.2 Å². The number of benzene rings is 1. The fourth-order valence-corrected chi connectivity index (χ4v) is 2.73. The molecule has 0 unspecified atom stereocenters. The predicted molar refractivity (Wildman–Crippen MR) is 77.6 cm³/mol. The van der Waals surface area contributed by atoms with Crippen molar-refractivity contribution in [1.29, 1.82) is 0 Å². The number of nitrogens with one attached hydrogen (secondary N) is 1. The lowest BCUT2D eigenvalue weighted by atomic mass is 10.00. The maximum absolute atomic E-state index is 12.0. The number of carbonyl (C=O) groups excluding carboxylic acids is 1. The Morgan fingerprint density at radius 2 is 2.30 bits per heavy atom. The van der Waals surface area contributed by atoms with Crippen molar-refractivity contribution < 1.29 is 14.6 Å². The van der Waals surface area contributed by atoms with Crippen LogP contribution in [0.2, 0.25) is 5.02 Å². The summed E-state index contributed by atoms with van der Waals surface area (Å²) in [5.74, 6) is 0.0762. The van der Waals surface area contributed by atoms with E-state index in [9.17, 15) is 9.90 Å². The Morgan fingerprint density at radius 3 is 2.95 bits per heavy atom. The topological polar surface area (TPSA) is 58.6 Å². The van der Waals surface area contributed by atoms with Gasteiger partial charge in [-0.25, -0.2) is 0 Å². The summed E-state index contributed by atoms with van der Waals surface area (Å²) in [6, 6.07) is 6.83. The SMILES string of the molecule is C[C@H](C[C@@H]1CCOC1)NC(=O)[C@H](O)c1ccccc1Cl. The fourth-order valence-electron chi connectivity index (χ4n) is 2.49. The van der Waals surface area contributed by atoms with Crippen molar-refractivity contribution in [2.24, 2.45) is 5.92 Å². The molecule has 0 aromatic heterocycles. The first kappa shape index (κ1) is 15.3. The highest BCUT2D eigenvalue weighted by Gasteiger charge is 2.23. The molecule has 4 nitrogen and oxygen atoms in total. The molecule has 1 saturated heterocycles. The molecule has 1 fully saturated rings. The molecule has 110 valence electrons. The molecule has 1 heterocycles. The van der Waals surface area contributed by atoms with Gasteiger partial charge in [-0.2, -0.15) is 0 Å².